The van der Waals surface area contributed by atoms with Crippen LogP contribution in [0.4, 0.5) is 0 Å². The molecule has 0 saturated carbocycles. The van der Waals surface area contributed by atoms with Crippen LogP contribution in [0.5, 0.6) is 51.7 Å². The number of methoxy groups -OCH3 is 5. The number of ether oxygens (including phenoxy) is 8. The minimum Gasteiger partial charge on any atom is -0.504 e. The van der Waals surface area contributed by atoms with Gasteiger partial charge in [0.15, 0.2) is 52.1 Å². The number of aryl methyl sites for hydroxylation is 1. The minimum atomic E-state index is -1.40. The fourth-order valence-electron chi connectivity index (χ4n) is 5.26. The molecule has 0 saturated heterocycles. The highest BCUT2D eigenvalue weighted by Gasteiger charge is 2.29. The molecule has 55 heavy (non-hydrogen) atoms. The quantitative estimate of drug-likeness (QED) is 0.0512. The Morgan fingerprint density at radius 2 is 1.09 bits per heavy atom. The summed E-state index contributed by atoms with van der Waals surface area (Å²) in [5.41, 5.74) is 2.27. The summed E-state index contributed by atoms with van der Waals surface area (Å²) in [7, 11) is 7.07. The third kappa shape index (κ3) is 11.5. The van der Waals surface area contributed by atoms with Gasteiger partial charge in [-0.3, -0.25) is 0 Å². The van der Waals surface area contributed by atoms with Gasteiger partial charge in [-0.05, 0) is 95.8 Å². The first-order valence-corrected chi connectivity index (χ1v) is 16.9. The molecule has 2 atom stereocenters. The van der Waals surface area contributed by atoms with E-state index in [1.165, 1.54) is 84.1 Å². The average molecular weight is 761 g/mol. The van der Waals surface area contributed by atoms with Crippen molar-refractivity contribution in [2.75, 3.05) is 48.8 Å². The number of hydrogen-bond acceptors (Lipinski definition) is 14. The lowest BCUT2D eigenvalue weighted by atomic mass is 10.0. The summed E-state index contributed by atoms with van der Waals surface area (Å²) in [6, 6.07) is 16.9. The van der Waals surface area contributed by atoms with Crippen molar-refractivity contribution in [3.63, 3.8) is 0 Å². The van der Waals surface area contributed by atoms with Gasteiger partial charge < -0.3 is 58.3 Å². The SMILES string of the molecule is COc1cc(/C=C/C(=O)OCCCc2cc(OC)c(O[C@H](COC(=O)/C=C/c3ccc(O)c(OC)c3)[C@H](O)c3ccc(O)c(OC)c3)c(OC)c2)ccc1O. The molecule has 292 valence electrons. The van der Waals surface area contributed by atoms with Crippen molar-refractivity contribution in [2.24, 2.45) is 0 Å². The molecule has 0 aliphatic rings. The van der Waals surface area contributed by atoms with Gasteiger partial charge in [0.2, 0.25) is 5.75 Å². The van der Waals surface area contributed by atoms with Crippen molar-refractivity contribution < 1.29 is 67.9 Å². The van der Waals surface area contributed by atoms with Crippen LogP contribution in [-0.2, 0) is 25.5 Å². The lowest BCUT2D eigenvalue weighted by Crippen LogP contribution is -2.31. The molecule has 0 bridgehead atoms. The predicted molar refractivity (Wildman–Crippen MR) is 201 cm³/mol. The molecular weight excluding hydrogens is 716 g/mol. The van der Waals surface area contributed by atoms with E-state index >= 15 is 0 Å². The van der Waals surface area contributed by atoms with Gasteiger partial charge in [0, 0.05) is 12.2 Å². The summed E-state index contributed by atoms with van der Waals surface area (Å²) in [5, 5.41) is 41.2. The van der Waals surface area contributed by atoms with Crippen molar-refractivity contribution in [3.8, 4) is 51.7 Å². The molecule has 4 aromatic rings. The number of benzene rings is 4. The smallest absolute Gasteiger partial charge is 0.330 e. The molecular formula is C41H44O14. The van der Waals surface area contributed by atoms with Gasteiger partial charge >= 0.3 is 11.9 Å². The van der Waals surface area contributed by atoms with Gasteiger partial charge in [0.05, 0.1) is 42.2 Å². The Kier molecular flexibility index (Phi) is 15.0. The van der Waals surface area contributed by atoms with E-state index in [0.717, 1.165) is 5.56 Å². The number of aliphatic hydroxyl groups is 1. The summed E-state index contributed by atoms with van der Waals surface area (Å²) in [6.07, 6.45) is 3.79. The molecule has 0 fully saturated rings. The van der Waals surface area contributed by atoms with Gasteiger partial charge in [-0.1, -0.05) is 18.2 Å². The third-order valence-electron chi connectivity index (χ3n) is 8.16. The first-order valence-electron chi connectivity index (χ1n) is 16.9. The molecule has 0 aliphatic carbocycles. The predicted octanol–water partition coefficient (Wildman–Crippen LogP) is 5.77. The molecule has 14 heteroatoms. The summed E-state index contributed by atoms with van der Waals surface area (Å²) in [5.74, 6) is -0.248. The van der Waals surface area contributed by atoms with E-state index < -0.39 is 30.8 Å². The number of rotatable bonds is 19. The zero-order valence-electron chi connectivity index (χ0n) is 31.0. The Morgan fingerprint density at radius 3 is 1.60 bits per heavy atom. The normalized spacial score (nSPS) is 12.2. The first kappa shape index (κ1) is 41.2. The number of phenols is 3. The second kappa shape index (κ2) is 20.1. The van der Waals surface area contributed by atoms with E-state index in [1.54, 1.807) is 42.5 Å². The van der Waals surface area contributed by atoms with Crippen molar-refractivity contribution in [2.45, 2.75) is 25.0 Å². The standard InChI is InChI=1S/C41H44O14/c1-48-32-19-25(8-13-29(32)42)10-16-38(45)53-18-6-7-27-21-35(51-4)41(36(22-27)52-5)55-37(40(47)28-12-15-31(44)34(23-28)50-3)24-54-39(46)17-11-26-9-14-30(43)33(20-26)49-2/h8-17,19-23,37,40,42-44,47H,6-7,18,24H2,1-5H3/b16-10+,17-11+/t37-,40-/m1/s1. The van der Waals surface area contributed by atoms with Crippen molar-refractivity contribution in [1.29, 1.82) is 0 Å². The Morgan fingerprint density at radius 1 is 0.618 bits per heavy atom. The number of esters is 2. The Bertz CT molecular complexity index is 1960. The van der Waals surface area contributed by atoms with E-state index in [9.17, 15) is 30.0 Å². The largest absolute Gasteiger partial charge is 0.504 e. The second-order valence-electron chi connectivity index (χ2n) is 11.8. The lowest BCUT2D eigenvalue weighted by Gasteiger charge is -2.26. The van der Waals surface area contributed by atoms with E-state index in [0.29, 0.717) is 29.5 Å². The van der Waals surface area contributed by atoms with E-state index in [-0.39, 0.29) is 58.4 Å². The number of aromatic hydroxyl groups is 3. The van der Waals surface area contributed by atoms with Crippen LogP contribution >= 0.6 is 0 Å². The van der Waals surface area contributed by atoms with Crippen molar-refractivity contribution >= 4 is 24.1 Å². The summed E-state index contributed by atoms with van der Waals surface area (Å²) in [6.45, 7) is -0.310. The van der Waals surface area contributed by atoms with Crippen LogP contribution in [0.15, 0.2) is 78.9 Å². The van der Waals surface area contributed by atoms with Crippen LogP contribution in [0.3, 0.4) is 0 Å². The van der Waals surface area contributed by atoms with Crippen LogP contribution in [0, 0.1) is 0 Å². The molecule has 0 radical (unpaired) electrons. The minimum absolute atomic E-state index is 0.0118. The van der Waals surface area contributed by atoms with Gasteiger partial charge in [0.1, 0.15) is 12.7 Å². The topological polar surface area (TPSA) is 189 Å². The zero-order valence-corrected chi connectivity index (χ0v) is 31.0. The molecule has 0 heterocycles. The molecule has 0 aromatic heterocycles. The zero-order chi connectivity index (χ0) is 39.9. The summed E-state index contributed by atoms with van der Waals surface area (Å²) < 4.78 is 43.8. The molecule has 4 aromatic carbocycles. The highest BCUT2D eigenvalue weighted by Crippen LogP contribution is 2.41. The number of phenolic OH excluding ortho intramolecular Hbond substituents is 3. The third-order valence-corrected chi connectivity index (χ3v) is 8.16. The van der Waals surface area contributed by atoms with E-state index in [2.05, 4.69) is 0 Å². The lowest BCUT2D eigenvalue weighted by molar-refractivity contribution is -0.142. The summed E-state index contributed by atoms with van der Waals surface area (Å²) >= 11 is 0. The average Bonchev–Trinajstić information content (AvgIpc) is 3.20. The fourth-order valence-corrected chi connectivity index (χ4v) is 5.26. The highest BCUT2D eigenvalue weighted by atomic mass is 16.6. The summed E-state index contributed by atoms with van der Waals surface area (Å²) in [4.78, 5) is 25.1. The molecule has 4 N–H and O–H groups in total. The molecule has 0 amide bonds. The van der Waals surface area contributed by atoms with Crippen LogP contribution in [0.2, 0.25) is 0 Å². The van der Waals surface area contributed by atoms with Crippen molar-refractivity contribution in [1.82, 2.24) is 0 Å². The number of carbonyl (C=O) groups is 2. The number of aliphatic hydroxyl groups excluding tert-OH is 1. The molecule has 0 unspecified atom stereocenters. The van der Waals surface area contributed by atoms with Gasteiger partial charge in [0.25, 0.3) is 0 Å². The van der Waals surface area contributed by atoms with Crippen LogP contribution < -0.4 is 28.4 Å². The van der Waals surface area contributed by atoms with Gasteiger partial charge in [-0.25, -0.2) is 9.59 Å². The Hall–Kier alpha value is -6.54. The van der Waals surface area contributed by atoms with Crippen molar-refractivity contribution in [3.05, 3.63) is 101 Å². The maximum absolute atomic E-state index is 12.8. The Labute approximate surface area is 318 Å². The van der Waals surface area contributed by atoms with Crippen LogP contribution in [-0.4, -0.2) is 87.2 Å². The molecule has 0 aliphatic heterocycles. The number of carbonyl (C=O) groups excluding carboxylic acids is 2. The fraction of sp³-hybridized carbons (Fsp3) is 0.268. The molecule has 14 nitrogen and oxygen atoms in total. The maximum atomic E-state index is 12.8. The van der Waals surface area contributed by atoms with E-state index in [1.807, 2.05) is 0 Å². The molecule has 4 rings (SSSR count). The molecule has 0 spiro atoms. The number of hydrogen-bond donors (Lipinski definition) is 4. The first-order chi connectivity index (χ1) is 26.5. The van der Waals surface area contributed by atoms with Gasteiger partial charge in [-0.15, -0.1) is 0 Å². The monoisotopic (exact) mass is 760 g/mol. The maximum Gasteiger partial charge on any atom is 0.330 e. The van der Waals surface area contributed by atoms with Crippen LogP contribution in [0.25, 0.3) is 12.2 Å². The van der Waals surface area contributed by atoms with E-state index in [4.69, 9.17) is 37.9 Å². The Balaban J connectivity index is 1.47. The van der Waals surface area contributed by atoms with Gasteiger partial charge in [-0.2, -0.15) is 0 Å². The highest BCUT2D eigenvalue weighted by molar-refractivity contribution is 5.87. The van der Waals surface area contributed by atoms with Crippen LogP contribution in [0.1, 0.15) is 34.8 Å². The second-order valence-corrected chi connectivity index (χ2v) is 11.8.